The summed E-state index contributed by atoms with van der Waals surface area (Å²) in [5.41, 5.74) is 2.98. The topological polar surface area (TPSA) is 18.5 Å². The number of hydrogen-bond acceptors (Lipinski definition) is 2. The molecule has 0 unspecified atom stereocenters. The number of hydrogen-bond donors (Lipinski definition) is 0. The van der Waals surface area contributed by atoms with E-state index in [0.29, 0.717) is 0 Å². The van der Waals surface area contributed by atoms with Crippen molar-refractivity contribution in [3.63, 3.8) is 0 Å². The largest absolute Gasteiger partial charge is 0.462 e. The van der Waals surface area contributed by atoms with E-state index in [0.717, 1.165) is 6.32 Å². The minimum Gasteiger partial charge on any atom is -0.403 e. The van der Waals surface area contributed by atoms with Crippen LogP contribution in [0.1, 0.15) is 107 Å². The average Bonchev–Trinajstić information content (AvgIpc) is 2.65. The molecule has 1 aliphatic heterocycles. The van der Waals surface area contributed by atoms with E-state index in [9.17, 15) is 0 Å². The number of unbranched alkanes of at least 4 members (excludes halogenated alkanes) is 3. The summed E-state index contributed by atoms with van der Waals surface area (Å²) in [6.07, 6.45) is 9.69. The van der Waals surface area contributed by atoms with Crippen molar-refractivity contribution in [1.29, 1.82) is 0 Å². The summed E-state index contributed by atoms with van der Waals surface area (Å²) in [4.78, 5) is 0. The predicted octanol–water partition coefficient (Wildman–Crippen LogP) is 7.19. The van der Waals surface area contributed by atoms with Crippen molar-refractivity contribution >= 4 is 7.12 Å². The molecule has 0 aromatic rings. The van der Waals surface area contributed by atoms with Crippen LogP contribution in [0.3, 0.4) is 0 Å². The number of allylic oxidation sites excluding steroid dienone is 2. The zero-order chi connectivity index (χ0) is 19.3. The van der Waals surface area contributed by atoms with E-state index in [1.54, 1.807) is 11.1 Å². The smallest absolute Gasteiger partial charge is 0.403 e. The van der Waals surface area contributed by atoms with Crippen molar-refractivity contribution in [3.05, 3.63) is 11.1 Å². The Morgan fingerprint density at radius 2 is 1.32 bits per heavy atom. The summed E-state index contributed by atoms with van der Waals surface area (Å²) in [7, 11) is -0.111. The van der Waals surface area contributed by atoms with Gasteiger partial charge in [-0.05, 0) is 58.8 Å². The Morgan fingerprint density at radius 1 is 0.800 bits per heavy atom. The SMILES string of the molecule is CCCCC/C(CB1OC(C)(C)C(C)(C)O1)=C(\CCCC)C(C)(C)C. The van der Waals surface area contributed by atoms with Crippen molar-refractivity contribution < 1.29 is 9.31 Å². The molecule has 3 heteroatoms. The molecule has 0 N–H and O–H groups in total. The van der Waals surface area contributed by atoms with Crippen molar-refractivity contribution in [2.24, 2.45) is 5.41 Å². The normalized spacial score (nSPS) is 20.8. The average molecular weight is 350 g/mol. The second-order valence-corrected chi connectivity index (χ2v) is 9.78. The van der Waals surface area contributed by atoms with Gasteiger partial charge in [0, 0.05) is 6.32 Å². The highest BCUT2D eigenvalue weighted by Gasteiger charge is 2.51. The molecule has 0 spiro atoms. The van der Waals surface area contributed by atoms with E-state index in [-0.39, 0.29) is 23.7 Å². The molecule has 0 atom stereocenters. The highest BCUT2D eigenvalue weighted by molar-refractivity contribution is 6.46. The lowest BCUT2D eigenvalue weighted by molar-refractivity contribution is 0.00578. The molecule has 0 bridgehead atoms. The Balaban J connectivity index is 3.04. The fourth-order valence-electron chi connectivity index (χ4n) is 3.65. The van der Waals surface area contributed by atoms with Crippen molar-refractivity contribution in [1.82, 2.24) is 0 Å². The van der Waals surface area contributed by atoms with Crippen LogP contribution in [0.25, 0.3) is 0 Å². The third kappa shape index (κ3) is 6.43. The van der Waals surface area contributed by atoms with Gasteiger partial charge in [0.15, 0.2) is 0 Å². The molecule has 1 aliphatic rings. The van der Waals surface area contributed by atoms with E-state index >= 15 is 0 Å². The minimum atomic E-state index is -0.239. The van der Waals surface area contributed by atoms with Crippen molar-refractivity contribution in [2.45, 2.75) is 125 Å². The van der Waals surface area contributed by atoms with Crippen LogP contribution < -0.4 is 0 Å². The maximum Gasteiger partial charge on any atom is 0.462 e. The summed E-state index contributed by atoms with van der Waals surface area (Å²) in [6, 6.07) is 0. The highest BCUT2D eigenvalue weighted by atomic mass is 16.7. The van der Waals surface area contributed by atoms with Crippen molar-refractivity contribution in [2.75, 3.05) is 0 Å². The van der Waals surface area contributed by atoms with Crippen LogP contribution in [0.15, 0.2) is 11.1 Å². The number of rotatable bonds is 9. The highest BCUT2D eigenvalue weighted by Crippen LogP contribution is 2.41. The van der Waals surface area contributed by atoms with Gasteiger partial charge < -0.3 is 9.31 Å². The standard InChI is InChI=1S/C22H43BO2/c1-10-12-14-15-18(19(16-13-11-2)20(3,4)5)17-23-24-21(6,7)22(8,9)25-23/h10-17H2,1-9H3/b19-18-. The first kappa shape index (κ1) is 22.8. The Morgan fingerprint density at radius 3 is 1.76 bits per heavy atom. The first-order chi connectivity index (χ1) is 11.4. The molecule has 0 radical (unpaired) electrons. The van der Waals surface area contributed by atoms with Crippen LogP contribution in [0.4, 0.5) is 0 Å². The Hall–Kier alpha value is -0.275. The molecule has 0 aromatic carbocycles. The van der Waals surface area contributed by atoms with Gasteiger partial charge in [-0.3, -0.25) is 0 Å². The third-order valence-corrected chi connectivity index (χ3v) is 5.91. The van der Waals surface area contributed by atoms with Gasteiger partial charge in [0.05, 0.1) is 11.2 Å². The lowest BCUT2D eigenvalue weighted by atomic mass is 9.71. The van der Waals surface area contributed by atoms with E-state index in [1.807, 2.05) is 0 Å². The fraction of sp³-hybridized carbons (Fsp3) is 0.909. The molecule has 146 valence electrons. The van der Waals surface area contributed by atoms with Crippen LogP contribution >= 0.6 is 0 Å². The lowest BCUT2D eigenvalue weighted by Crippen LogP contribution is -2.41. The quantitative estimate of drug-likeness (QED) is 0.249. The molecular weight excluding hydrogens is 307 g/mol. The summed E-state index contributed by atoms with van der Waals surface area (Å²) in [5.74, 6) is 0. The van der Waals surface area contributed by atoms with Crippen molar-refractivity contribution in [3.8, 4) is 0 Å². The minimum absolute atomic E-state index is 0.111. The van der Waals surface area contributed by atoms with Gasteiger partial charge in [-0.15, -0.1) is 0 Å². The Labute approximate surface area is 158 Å². The molecule has 1 rings (SSSR count). The van der Waals surface area contributed by atoms with Gasteiger partial charge >= 0.3 is 7.12 Å². The summed E-state index contributed by atoms with van der Waals surface area (Å²) < 4.78 is 12.6. The van der Waals surface area contributed by atoms with E-state index in [1.165, 1.54) is 44.9 Å². The molecule has 25 heavy (non-hydrogen) atoms. The van der Waals surface area contributed by atoms with Crippen LogP contribution in [-0.4, -0.2) is 18.3 Å². The predicted molar refractivity (Wildman–Crippen MR) is 111 cm³/mol. The molecule has 1 heterocycles. The van der Waals surface area contributed by atoms with Gasteiger partial charge in [-0.2, -0.15) is 0 Å². The van der Waals surface area contributed by atoms with Gasteiger partial charge in [0.2, 0.25) is 0 Å². The molecule has 2 nitrogen and oxygen atoms in total. The second kappa shape index (κ2) is 9.08. The van der Waals surface area contributed by atoms with Gasteiger partial charge in [-0.25, -0.2) is 0 Å². The lowest BCUT2D eigenvalue weighted by Gasteiger charge is -2.32. The Kier molecular flexibility index (Phi) is 8.27. The monoisotopic (exact) mass is 350 g/mol. The second-order valence-electron chi connectivity index (χ2n) is 9.78. The maximum atomic E-state index is 6.31. The first-order valence-electron chi connectivity index (χ1n) is 10.5. The molecule has 1 saturated heterocycles. The molecule has 0 amide bonds. The van der Waals surface area contributed by atoms with Gasteiger partial charge in [0.1, 0.15) is 0 Å². The Bertz CT molecular complexity index is 427. The van der Waals surface area contributed by atoms with Crippen LogP contribution in [0, 0.1) is 5.41 Å². The first-order valence-corrected chi connectivity index (χ1v) is 10.5. The van der Waals surface area contributed by atoms with Crippen LogP contribution in [0.5, 0.6) is 0 Å². The fourth-order valence-corrected chi connectivity index (χ4v) is 3.65. The molecular formula is C22H43BO2. The third-order valence-electron chi connectivity index (χ3n) is 5.91. The van der Waals surface area contributed by atoms with Gasteiger partial charge in [-0.1, -0.05) is 65.0 Å². The summed E-state index contributed by atoms with van der Waals surface area (Å²) in [6.45, 7) is 20.2. The zero-order valence-electron chi connectivity index (χ0n) is 18.6. The molecule has 0 aromatic heterocycles. The molecule has 0 aliphatic carbocycles. The molecule has 1 fully saturated rings. The van der Waals surface area contributed by atoms with E-state index in [4.69, 9.17) is 9.31 Å². The van der Waals surface area contributed by atoms with Gasteiger partial charge in [0.25, 0.3) is 0 Å². The zero-order valence-corrected chi connectivity index (χ0v) is 18.6. The van der Waals surface area contributed by atoms with Crippen LogP contribution in [0.2, 0.25) is 6.32 Å². The molecule has 0 saturated carbocycles. The summed E-state index contributed by atoms with van der Waals surface area (Å²) >= 11 is 0. The maximum absolute atomic E-state index is 6.31. The van der Waals surface area contributed by atoms with E-state index in [2.05, 4.69) is 62.3 Å². The van der Waals surface area contributed by atoms with E-state index < -0.39 is 0 Å². The van der Waals surface area contributed by atoms with Crippen LogP contribution in [-0.2, 0) is 9.31 Å². The summed E-state index contributed by atoms with van der Waals surface area (Å²) in [5, 5.41) is 0.